The van der Waals surface area contributed by atoms with Crippen LogP contribution in [0.5, 0.6) is 0 Å². The van der Waals surface area contributed by atoms with Crippen molar-refractivity contribution >= 4 is 6.29 Å². The minimum Gasteiger partial charge on any atom is -0.396 e. The normalized spacial score (nSPS) is 15.9. The molecule has 3 unspecified atom stereocenters. The molecule has 0 rings (SSSR count). The number of rotatable bonds is 6. The van der Waals surface area contributed by atoms with Crippen LogP contribution in [-0.4, -0.2) is 63.3 Å². The Morgan fingerprint density at radius 2 is 1.73 bits per heavy atom. The van der Waals surface area contributed by atoms with Crippen LogP contribution in [0.15, 0.2) is 0 Å². The fourth-order valence-corrected chi connectivity index (χ4v) is 0.574. The van der Waals surface area contributed by atoms with Gasteiger partial charge in [-0.25, -0.2) is 0 Å². The number of unbranched alkanes of at least 4 members (excludes halogenated alkanes) is 1. The van der Waals surface area contributed by atoms with Crippen LogP contribution in [0, 0.1) is 0 Å². The fourth-order valence-electron chi connectivity index (χ4n) is 0.574. The first-order valence-electron chi connectivity index (χ1n) is 4.76. The van der Waals surface area contributed by atoms with Crippen LogP contribution < -0.4 is 0 Å². The fraction of sp³-hybridized carbons (Fsp3) is 0.889. The number of aldehydes is 1. The Labute approximate surface area is 88.8 Å². The molecule has 0 bridgehead atoms. The highest BCUT2D eigenvalue weighted by Gasteiger charge is 2.22. The van der Waals surface area contributed by atoms with Crippen molar-refractivity contribution in [1.82, 2.24) is 0 Å². The minimum absolute atomic E-state index is 0.0869. The summed E-state index contributed by atoms with van der Waals surface area (Å²) >= 11 is 0. The quantitative estimate of drug-likeness (QED) is 0.334. The second-order valence-electron chi connectivity index (χ2n) is 2.94. The molecule has 0 aliphatic carbocycles. The van der Waals surface area contributed by atoms with Gasteiger partial charge in [0.25, 0.3) is 0 Å². The zero-order valence-corrected chi connectivity index (χ0v) is 8.78. The van der Waals surface area contributed by atoms with E-state index >= 15 is 0 Å². The lowest BCUT2D eigenvalue weighted by atomic mass is 10.1. The Morgan fingerprint density at radius 1 is 1.20 bits per heavy atom. The summed E-state index contributed by atoms with van der Waals surface area (Å²) in [5.41, 5.74) is 0. The Kier molecular flexibility index (Phi) is 13.0. The van der Waals surface area contributed by atoms with Crippen molar-refractivity contribution in [3.63, 3.8) is 0 Å². The Hall–Kier alpha value is -0.530. The monoisotopic (exact) mass is 224 g/mol. The first-order valence-corrected chi connectivity index (χ1v) is 4.76. The van der Waals surface area contributed by atoms with Crippen LogP contribution in [0.3, 0.4) is 0 Å². The summed E-state index contributed by atoms with van der Waals surface area (Å²) in [6.07, 6.45) is -2.59. The Morgan fingerprint density at radius 3 is 1.93 bits per heavy atom. The lowest BCUT2D eigenvalue weighted by Gasteiger charge is -2.16. The molecule has 5 N–H and O–H groups in total. The molecule has 6 heteroatoms. The highest BCUT2D eigenvalue weighted by molar-refractivity contribution is 5.56. The number of carbonyl (C=O) groups is 1. The molecule has 0 aromatic rings. The first kappa shape index (κ1) is 16.9. The number of aliphatic hydroxyl groups is 5. The molecular formula is C9H20O6. The molecule has 0 spiro atoms. The van der Waals surface area contributed by atoms with Gasteiger partial charge < -0.3 is 30.3 Å². The molecule has 0 amide bonds. The van der Waals surface area contributed by atoms with Gasteiger partial charge in [-0.05, 0) is 6.42 Å². The highest BCUT2D eigenvalue weighted by Crippen LogP contribution is 1.96. The molecule has 0 saturated heterocycles. The predicted molar refractivity (Wildman–Crippen MR) is 53.2 cm³/mol. The molecule has 3 atom stereocenters. The maximum atomic E-state index is 9.76. The number of carbonyl (C=O) groups excluding carboxylic acids is 1. The zero-order valence-electron chi connectivity index (χ0n) is 8.78. The maximum absolute atomic E-state index is 9.76. The van der Waals surface area contributed by atoms with Crippen LogP contribution in [-0.2, 0) is 4.79 Å². The first-order chi connectivity index (χ1) is 7.04. The third-order valence-electron chi connectivity index (χ3n) is 1.58. The third-order valence-corrected chi connectivity index (χ3v) is 1.58. The van der Waals surface area contributed by atoms with Gasteiger partial charge in [-0.2, -0.15) is 0 Å². The molecule has 0 radical (unpaired) electrons. The van der Waals surface area contributed by atoms with E-state index in [1.807, 2.05) is 0 Å². The van der Waals surface area contributed by atoms with E-state index in [0.29, 0.717) is 6.61 Å². The van der Waals surface area contributed by atoms with Crippen molar-refractivity contribution in [2.45, 2.75) is 38.1 Å². The van der Waals surface area contributed by atoms with E-state index in [4.69, 9.17) is 25.5 Å². The lowest BCUT2D eigenvalue weighted by molar-refractivity contribution is -0.127. The van der Waals surface area contributed by atoms with Crippen LogP contribution >= 0.6 is 0 Å². The van der Waals surface area contributed by atoms with E-state index in [-0.39, 0.29) is 6.29 Å². The van der Waals surface area contributed by atoms with Crippen molar-refractivity contribution in [2.75, 3.05) is 13.2 Å². The summed E-state index contributed by atoms with van der Waals surface area (Å²) in [6, 6.07) is 0. The van der Waals surface area contributed by atoms with Crippen LogP contribution in [0.4, 0.5) is 0 Å². The van der Waals surface area contributed by atoms with E-state index < -0.39 is 24.9 Å². The molecule has 0 saturated carbocycles. The maximum Gasteiger partial charge on any atom is 0.151 e. The second kappa shape index (κ2) is 11.5. The minimum atomic E-state index is -1.64. The van der Waals surface area contributed by atoms with E-state index in [1.165, 1.54) is 0 Å². The summed E-state index contributed by atoms with van der Waals surface area (Å²) in [6.45, 7) is 1.71. The summed E-state index contributed by atoms with van der Waals surface area (Å²) in [4.78, 5) is 9.76. The Bertz CT molecular complexity index is 139. The van der Waals surface area contributed by atoms with Crippen molar-refractivity contribution in [1.29, 1.82) is 0 Å². The highest BCUT2D eigenvalue weighted by atomic mass is 16.4. The van der Waals surface area contributed by atoms with E-state index in [0.717, 1.165) is 12.8 Å². The summed E-state index contributed by atoms with van der Waals surface area (Å²) in [5.74, 6) is 0. The zero-order chi connectivity index (χ0) is 12.3. The molecule has 0 fully saturated rings. The SMILES string of the molecule is CCCCO.O=CC(O)C(O)C(O)CO. The van der Waals surface area contributed by atoms with Crippen molar-refractivity contribution in [3.8, 4) is 0 Å². The van der Waals surface area contributed by atoms with Gasteiger partial charge in [0.1, 0.15) is 18.3 Å². The predicted octanol–water partition coefficient (Wildman–Crippen LogP) is -1.96. The van der Waals surface area contributed by atoms with Gasteiger partial charge in [-0.3, -0.25) is 0 Å². The second-order valence-corrected chi connectivity index (χ2v) is 2.94. The lowest BCUT2D eigenvalue weighted by Crippen LogP contribution is -2.40. The van der Waals surface area contributed by atoms with Gasteiger partial charge in [0, 0.05) is 6.61 Å². The third kappa shape index (κ3) is 9.77. The van der Waals surface area contributed by atoms with E-state index in [9.17, 15) is 4.79 Å². The van der Waals surface area contributed by atoms with Crippen LogP contribution in [0.1, 0.15) is 19.8 Å². The molecule has 15 heavy (non-hydrogen) atoms. The molecule has 92 valence electrons. The Balaban J connectivity index is 0. The van der Waals surface area contributed by atoms with Crippen LogP contribution in [0.25, 0.3) is 0 Å². The topological polar surface area (TPSA) is 118 Å². The van der Waals surface area contributed by atoms with Gasteiger partial charge in [0.15, 0.2) is 6.29 Å². The van der Waals surface area contributed by atoms with Gasteiger partial charge in [-0.1, -0.05) is 13.3 Å². The molecule has 0 aromatic heterocycles. The smallest absolute Gasteiger partial charge is 0.151 e. The molecule has 6 nitrogen and oxygen atoms in total. The van der Waals surface area contributed by atoms with Gasteiger partial charge in [-0.15, -0.1) is 0 Å². The number of hydrogen-bond donors (Lipinski definition) is 5. The number of aliphatic hydroxyl groups excluding tert-OH is 5. The van der Waals surface area contributed by atoms with Crippen molar-refractivity contribution in [2.24, 2.45) is 0 Å². The molecule has 0 heterocycles. The molecule has 0 aliphatic rings. The van der Waals surface area contributed by atoms with E-state index in [2.05, 4.69) is 6.92 Å². The number of hydrogen-bond acceptors (Lipinski definition) is 6. The molecule has 0 aliphatic heterocycles. The summed E-state index contributed by atoms with van der Waals surface area (Å²) in [5, 5.41) is 42.1. The molecular weight excluding hydrogens is 204 g/mol. The van der Waals surface area contributed by atoms with Crippen molar-refractivity contribution < 1.29 is 30.3 Å². The summed E-state index contributed by atoms with van der Waals surface area (Å²) < 4.78 is 0. The van der Waals surface area contributed by atoms with Crippen molar-refractivity contribution in [3.05, 3.63) is 0 Å². The largest absolute Gasteiger partial charge is 0.396 e. The van der Waals surface area contributed by atoms with Gasteiger partial charge in [0.2, 0.25) is 0 Å². The van der Waals surface area contributed by atoms with Gasteiger partial charge in [0.05, 0.1) is 6.61 Å². The molecule has 0 aromatic carbocycles. The average molecular weight is 224 g/mol. The summed E-state index contributed by atoms with van der Waals surface area (Å²) in [7, 11) is 0. The van der Waals surface area contributed by atoms with E-state index in [1.54, 1.807) is 0 Å². The van der Waals surface area contributed by atoms with Crippen LogP contribution in [0.2, 0.25) is 0 Å². The van der Waals surface area contributed by atoms with Gasteiger partial charge >= 0.3 is 0 Å². The standard InChI is InChI=1S/C5H10O5.C4H10O/c6-1-3(8)5(10)4(9)2-7;1-2-3-4-5/h1,3-5,7-10H,2H2;5H,2-4H2,1H3. The average Bonchev–Trinajstić information content (AvgIpc) is 2.27.